The number of fused-ring (bicyclic) bond motifs is 1. The van der Waals surface area contributed by atoms with Crippen LogP contribution < -0.4 is 0 Å². The van der Waals surface area contributed by atoms with Crippen molar-refractivity contribution in [1.29, 1.82) is 0 Å². The SMILES string of the molecule is CC(Cc1ccsc1)n1c(CCl)nc2cc(I)c(F)cc21. The van der Waals surface area contributed by atoms with Crippen LogP contribution in [0.15, 0.2) is 29.0 Å². The molecule has 0 aliphatic carbocycles. The second-order valence-corrected chi connectivity index (χ2v) is 7.18. The van der Waals surface area contributed by atoms with Crippen LogP contribution in [0.25, 0.3) is 11.0 Å². The normalized spacial score (nSPS) is 13.0. The minimum atomic E-state index is -0.215. The molecule has 2 aromatic heterocycles. The number of hydrogen-bond acceptors (Lipinski definition) is 2. The van der Waals surface area contributed by atoms with Gasteiger partial charge in [0.2, 0.25) is 0 Å². The Morgan fingerprint density at radius 1 is 1.48 bits per heavy atom. The number of imidazole rings is 1. The molecule has 0 fully saturated rings. The van der Waals surface area contributed by atoms with E-state index in [2.05, 4.69) is 33.3 Å². The molecule has 2 nitrogen and oxygen atoms in total. The van der Waals surface area contributed by atoms with Crippen molar-refractivity contribution in [1.82, 2.24) is 9.55 Å². The summed E-state index contributed by atoms with van der Waals surface area (Å²) in [5.74, 6) is 0.893. The Hall–Kier alpha value is -0.660. The number of thiophene rings is 1. The predicted molar refractivity (Wildman–Crippen MR) is 94.7 cm³/mol. The fourth-order valence-electron chi connectivity index (χ4n) is 2.57. The Kier molecular flexibility index (Phi) is 4.51. The van der Waals surface area contributed by atoms with Crippen molar-refractivity contribution in [3.63, 3.8) is 0 Å². The first kappa shape index (κ1) is 15.2. The van der Waals surface area contributed by atoms with Crippen molar-refractivity contribution in [3.05, 3.63) is 49.7 Å². The number of halogens is 3. The molecule has 110 valence electrons. The largest absolute Gasteiger partial charge is 0.324 e. The molecule has 0 aliphatic rings. The molecule has 0 radical (unpaired) electrons. The molecule has 3 aromatic rings. The molecule has 1 atom stereocenters. The van der Waals surface area contributed by atoms with Gasteiger partial charge in [-0.05, 0) is 64.4 Å². The Morgan fingerprint density at radius 3 is 2.95 bits per heavy atom. The predicted octanol–water partition coefficient (Wildman–Crippen LogP) is 5.38. The van der Waals surface area contributed by atoms with Gasteiger partial charge in [-0.15, -0.1) is 11.6 Å². The van der Waals surface area contributed by atoms with E-state index in [9.17, 15) is 4.39 Å². The van der Waals surface area contributed by atoms with Crippen LogP contribution >= 0.6 is 45.5 Å². The van der Waals surface area contributed by atoms with Crippen LogP contribution in [0.4, 0.5) is 4.39 Å². The second-order valence-electron chi connectivity index (χ2n) is 4.97. The number of rotatable bonds is 4. The van der Waals surface area contributed by atoms with Crippen LogP contribution in [0.2, 0.25) is 0 Å². The summed E-state index contributed by atoms with van der Waals surface area (Å²) in [4.78, 5) is 4.55. The van der Waals surface area contributed by atoms with E-state index in [1.165, 1.54) is 5.56 Å². The molecule has 6 heteroatoms. The van der Waals surface area contributed by atoms with E-state index in [4.69, 9.17) is 11.6 Å². The third kappa shape index (κ3) is 2.96. The number of alkyl halides is 1. The van der Waals surface area contributed by atoms with Gasteiger partial charge in [-0.25, -0.2) is 9.37 Å². The number of hydrogen-bond donors (Lipinski definition) is 0. The molecule has 0 N–H and O–H groups in total. The summed E-state index contributed by atoms with van der Waals surface area (Å²) in [5, 5.41) is 4.21. The summed E-state index contributed by atoms with van der Waals surface area (Å²) in [6.07, 6.45) is 0.881. The third-order valence-electron chi connectivity index (χ3n) is 3.48. The van der Waals surface area contributed by atoms with Gasteiger partial charge in [-0.1, -0.05) is 0 Å². The van der Waals surface area contributed by atoms with Gasteiger partial charge < -0.3 is 4.57 Å². The first-order chi connectivity index (χ1) is 10.1. The van der Waals surface area contributed by atoms with E-state index in [0.717, 1.165) is 23.3 Å². The van der Waals surface area contributed by atoms with E-state index in [1.807, 2.05) is 22.6 Å². The number of benzene rings is 1. The highest BCUT2D eigenvalue weighted by atomic mass is 127. The Balaban J connectivity index is 2.09. The van der Waals surface area contributed by atoms with Gasteiger partial charge >= 0.3 is 0 Å². The van der Waals surface area contributed by atoms with Crippen molar-refractivity contribution in [3.8, 4) is 0 Å². The number of aromatic nitrogens is 2. The van der Waals surface area contributed by atoms with Crippen LogP contribution in [-0.4, -0.2) is 9.55 Å². The van der Waals surface area contributed by atoms with Crippen molar-refractivity contribution in [2.24, 2.45) is 0 Å². The van der Waals surface area contributed by atoms with Gasteiger partial charge in [0.1, 0.15) is 11.6 Å². The Labute approximate surface area is 145 Å². The highest BCUT2D eigenvalue weighted by molar-refractivity contribution is 14.1. The minimum Gasteiger partial charge on any atom is -0.324 e. The summed E-state index contributed by atoms with van der Waals surface area (Å²) >= 11 is 9.70. The van der Waals surface area contributed by atoms with E-state index in [1.54, 1.807) is 23.5 Å². The molecule has 2 heterocycles. The van der Waals surface area contributed by atoms with Crippen LogP contribution in [0.3, 0.4) is 0 Å². The lowest BCUT2D eigenvalue weighted by molar-refractivity contribution is 0.542. The zero-order valence-electron chi connectivity index (χ0n) is 11.3. The highest BCUT2D eigenvalue weighted by Gasteiger charge is 2.17. The van der Waals surface area contributed by atoms with Crippen LogP contribution in [-0.2, 0) is 12.3 Å². The highest BCUT2D eigenvalue weighted by Crippen LogP contribution is 2.27. The molecule has 3 rings (SSSR count). The van der Waals surface area contributed by atoms with Crippen molar-refractivity contribution < 1.29 is 4.39 Å². The summed E-state index contributed by atoms with van der Waals surface area (Å²) in [6.45, 7) is 2.12. The average Bonchev–Trinajstić information content (AvgIpc) is 3.06. The third-order valence-corrected chi connectivity index (χ3v) is 5.27. The van der Waals surface area contributed by atoms with Gasteiger partial charge in [-0.3, -0.25) is 0 Å². The molecule has 0 aliphatic heterocycles. The summed E-state index contributed by atoms with van der Waals surface area (Å²) < 4.78 is 16.5. The van der Waals surface area contributed by atoms with Crippen LogP contribution in [0, 0.1) is 9.39 Å². The Bertz CT molecular complexity index is 770. The zero-order chi connectivity index (χ0) is 15.0. The van der Waals surface area contributed by atoms with Crippen LogP contribution in [0.1, 0.15) is 24.4 Å². The first-order valence-corrected chi connectivity index (χ1v) is 9.08. The number of nitrogens with zero attached hydrogens (tertiary/aromatic N) is 2. The maximum atomic E-state index is 13.9. The molecule has 0 saturated heterocycles. The molecule has 0 saturated carbocycles. The lowest BCUT2D eigenvalue weighted by Crippen LogP contribution is -2.11. The fraction of sp³-hybridized carbons (Fsp3) is 0.267. The second kappa shape index (κ2) is 6.22. The van der Waals surface area contributed by atoms with E-state index in [-0.39, 0.29) is 11.9 Å². The molecule has 0 bridgehead atoms. The van der Waals surface area contributed by atoms with Crippen molar-refractivity contribution >= 4 is 56.6 Å². The first-order valence-electron chi connectivity index (χ1n) is 6.53. The molecule has 21 heavy (non-hydrogen) atoms. The zero-order valence-corrected chi connectivity index (χ0v) is 15.0. The van der Waals surface area contributed by atoms with Gasteiger partial charge in [0, 0.05) is 12.1 Å². The molecule has 0 amide bonds. The molecule has 1 aromatic carbocycles. The topological polar surface area (TPSA) is 17.8 Å². The molecule has 1 unspecified atom stereocenters. The monoisotopic (exact) mass is 434 g/mol. The van der Waals surface area contributed by atoms with E-state index < -0.39 is 0 Å². The lowest BCUT2D eigenvalue weighted by atomic mass is 10.1. The summed E-state index contributed by atoms with van der Waals surface area (Å²) in [5.41, 5.74) is 2.89. The smallest absolute Gasteiger partial charge is 0.138 e. The molecular weight excluding hydrogens is 422 g/mol. The fourth-order valence-corrected chi connectivity index (χ4v) is 3.89. The quantitative estimate of drug-likeness (QED) is 0.398. The summed E-state index contributed by atoms with van der Waals surface area (Å²) in [6, 6.07) is 5.63. The van der Waals surface area contributed by atoms with Crippen molar-refractivity contribution in [2.75, 3.05) is 0 Å². The average molecular weight is 435 g/mol. The Morgan fingerprint density at radius 2 is 2.29 bits per heavy atom. The van der Waals surface area contributed by atoms with E-state index in [0.29, 0.717) is 9.45 Å². The summed E-state index contributed by atoms with van der Waals surface area (Å²) in [7, 11) is 0. The standard InChI is InChI=1S/C15H13ClFIN2S/c1-9(4-10-2-3-21-8-10)20-14-5-11(17)12(18)6-13(14)19-15(20)7-16/h2-3,5-6,8-9H,4,7H2,1H3. The van der Waals surface area contributed by atoms with Gasteiger partial charge in [0.05, 0.1) is 20.5 Å². The molecule has 0 spiro atoms. The minimum absolute atomic E-state index is 0.179. The van der Waals surface area contributed by atoms with Crippen LogP contribution in [0.5, 0.6) is 0 Å². The van der Waals surface area contributed by atoms with Crippen molar-refractivity contribution in [2.45, 2.75) is 25.3 Å². The van der Waals surface area contributed by atoms with Gasteiger partial charge in [-0.2, -0.15) is 11.3 Å². The molecular formula is C15H13ClFIN2S. The van der Waals surface area contributed by atoms with Gasteiger partial charge in [0.15, 0.2) is 0 Å². The maximum Gasteiger partial charge on any atom is 0.138 e. The van der Waals surface area contributed by atoms with E-state index >= 15 is 0 Å². The van der Waals surface area contributed by atoms with Gasteiger partial charge in [0.25, 0.3) is 0 Å². The lowest BCUT2D eigenvalue weighted by Gasteiger charge is -2.16. The maximum absolute atomic E-state index is 13.9.